The Morgan fingerprint density at radius 2 is 1.80 bits per heavy atom. The maximum atomic E-state index is 5.96. The van der Waals surface area contributed by atoms with Crippen LogP contribution >= 0.6 is 0 Å². The molecule has 0 bridgehead atoms. The summed E-state index contributed by atoms with van der Waals surface area (Å²) < 4.78 is 10.6. The number of nitrogens with two attached hydrogens (primary N) is 1. The van der Waals surface area contributed by atoms with Crippen LogP contribution in [0.5, 0.6) is 11.5 Å². The number of rotatable bonds is 8. The molecule has 0 heterocycles. The molecule has 1 unspecified atom stereocenters. The van der Waals surface area contributed by atoms with E-state index in [1.807, 2.05) is 12.1 Å². The van der Waals surface area contributed by atoms with Crippen LogP contribution in [-0.4, -0.2) is 39.3 Å². The lowest BCUT2D eigenvalue weighted by Gasteiger charge is -2.28. The molecule has 20 heavy (non-hydrogen) atoms. The highest BCUT2D eigenvalue weighted by molar-refractivity contribution is 5.43. The summed E-state index contributed by atoms with van der Waals surface area (Å²) in [6.07, 6.45) is 1.17. The van der Waals surface area contributed by atoms with Crippen LogP contribution < -0.4 is 15.2 Å². The highest BCUT2D eigenvalue weighted by Crippen LogP contribution is 2.31. The van der Waals surface area contributed by atoms with Crippen molar-refractivity contribution in [2.45, 2.75) is 26.3 Å². The standard InChI is InChI=1S/C16H28N2O2/c1-12(2)8-9-18(3)14(11-17)13-6-7-15(19-4)16(10-13)20-5/h6-7,10,12,14H,8-9,11,17H2,1-5H3. The Kier molecular flexibility index (Phi) is 6.82. The Labute approximate surface area is 122 Å². The average molecular weight is 280 g/mol. The fourth-order valence-electron chi connectivity index (χ4n) is 2.25. The molecule has 4 nitrogen and oxygen atoms in total. The van der Waals surface area contributed by atoms with Gasteiger partial charge in [0.25, 0.3) is 0 Å². The van der Waals surface area contributed by atoms with E-state index < -0.39 is 0 Å². The van der Waals surface area contributed by atoms with Gasteiger partial charge in [-0.15, -0.1) is 0 Å². The summed E-state index contributed by atoms with van der Waals surface area (Å²) in [5.74, 6) is 2.19. The van der Waals surface area contributed by atoms with E-state index >= 15 is 0 Å². The molecule has 1 aromatic rings. The lowest BCUT2D eigenvalue weighted by atomic mass is 10.0. The maximum Gasteiger partial charge on any atom is 0.161 e. The lowest BCUT2D eigenvalue weighted by Crippen LogP contribution is -2.31. The fraction of sp³-hybridized carbons (Fsp3) is 0.625. The van der Waals surface area contributed by atoms with Gasteiger partial charge in [0.15, 0.2) is 11.5 Å². The second-order valence-electron chi connectivity index (χ2n) is 5.53. The molecule has 0 aliphatic carbocycles. The van der Waals surface area contributed by atoms with E-state index in [2.05, 4.69) is 31.9 Å². The minimum Gasteiger partial charge on any atom is -0.493 e. The molecule has 1 rings (SSSR count). The first-order valence-electron chi connectivity index (χ1n) is 7.15. The number of likely N-dealkylation sites (N-methyl/N-ethyl adjacent to an activating group) is 1. The summed E-state index contributed by atoms with van der Waals surface area (Å²) in [5, 5.41) is 0. The zero-order valence-corrected chi connectivity index (χ0v) is 13.3. The lowest BCUT2D eigenvalue weighted by molar-refractivity contribution is 0.235. The van der Waals surface area contributed by atoms with Gasteiger partial charge in [-0.25, -0.2) is 0 Å². The van der Waals surface area contributed by atoms with Crippen molar-refractivity contribution in [3.63, 3.8) is 0 Å². The van der Waals surface area contributed by atoms with Gasteiger partial charge in [-0.3, -0.25) is 4.90 Å². The van der Waals surface area contributed by atoms with Gasteiger partial charge in [0.2, 0.25) is 0 Å². The van der Waals surface area contributed by atoms with Crippen molar-refractivity contribution in [3.05, 3.63) is 23.8 Å². The second-order valence-corrected chi connectivity index (χ2v) is 5.53. The Balaban J connectivity index is 2.88. The third-order valence-electron chi connectivity index (χ3n) is 3.61. The molecule has 114 valence electrons. The van der Waals surface area contributed by atoms with Crippen LogP contribution in [0.25, 0.3) is 0 Å². The van der Waals surface area contributed by atoms with Crippen LogP contribution in [0.15, 0.2) is 18.2 Å². The Hall–Kier alpha value is -1.26. The molecule has 0 aliphatic rings. The normalized spacial score (nSPS) is 12.8. The fourth-order valence-corrected chi connectivity index (χ4v) is 2.25. The van der Waals surface area contributed by atoms with Gasteiger partial charge in [0.05, 0.1) is 14.2 Å². The minimum absolute atomic E-state index is 0.202. The van der Waals surface area contributed by atoms with Crippen LogP contribution in [-0.2, 0) is 0 Å². The van der Waals surface area contributed by atoms with E-state index in [0.717, 1.165) is 23.6 Å². The molecule has 4 heteroatoms. The van der Waals surface area contributed by atoms with Crippen molar-refractivity contribution in [1.82, 2.24) is 4.90 Å². The monoisotopic (exact) mass is 280 g/mol. The smallest absolute Gasteiger partial charge is 0.161 e. The summed E-state index contributed by atoms with van der Waals surface area (Å²) in [6, 6.07) is 6.22. The maximum absolute atomic E-state index is 5.96. The van der Waals surface area contributed by atoms with Crippen LogP contribution in [0.3, 0.4) is 0 Å². The number of hydrogen-bond donors (Lipinski definition) is 1. The second kappa shape index (κ2) is 8.12. The van der Waals surface area contributed by atoms with Crippen molar-refractivity contribution >= 4 is 0 Å². The SMILES string of the molecule is COc1ccc(C(CN)N(C)CCC(C)C)cc1OC. The molecule has 0 spiro atoms. The van der Waals surface area contributed by atoms with Crippen molar-refractivity contribution in [2.24, 2.45) is 11.7 Å². The summed E-state index contributed by atoms with van der Waals surface area (Å²) in [6.45, 7) is 6.10. The third kappa shape index (κ3) is 4.39. The van der Waals surface area contributed by atoms with E-state index in [4.69, 9.17) is 15.2 Å². The van der Waals surface area contributed by atoms with E-state index in [1.54, 1.807) is 14.2 Å². The predicted octanol–water partition coefficient (Wildman–Crippen LogP) is 2.68. The first-order chi connectivity index (χ1) is 9.53. The van der Waals surface area contributed by atoms with E-state index in [-0.39, 0.29) is 6.04 Å². The molecular formula is C16H28N2O2. The van der Waals surface area contributed by atoms with Gasteiger partial charge < -0.3 is 15.2 Å². The van der Waals surface area contributed by atoms with Crippen molar-refractivity contribution in [2.75, 3.05) is 34.4 Å². The highest BCUT2D eigenvalue weighted by Gasteiger charge is 2.17. The van der Waals surface area contributed by atoms with Crippen LogP contribution in [0.4, 0.5) is 0 Å². The third-order valence-corrected chi connectivity index (χ3v) is 3.61. The summed E-state index contributed by atoms with van der Waals surface area (Å²) in [4.78, 5) is 2.31. The molecule has 0 radical (unpaired) electrons. The predicted molar refractivity (Wildman–Crippen MR) is 83.4 cm³/mol. The minimum atomic E-state index is 0.202. The van der Waals surface area contributed by atoms with Gasteiger partial charge in [0, 0.05) is 12.6 Å². The van der Waals surface area contributed by atoms with Gasteiger partial charge in [-0.05, 0) is 43.6 Å². The zero-order valence-electron chi connectivity index (χ0n) is 13.3. The summed E-state index contributed by atoms with van der Waals surface area (Å²) in [7, 11) is 5.42. The van der Waals surface area contributed by atoms with Gasteiger partial charge in [-0.2, -0.15) is 0 Å². The number of benzene rings is 1. The molecule has 0 saturated carbocycles. The van der Waals surface area contributed by atoms with E-state index in [9.17, 15) is 0 Å². The largest absolute Gasteiger partial charge is 0.493 e. The molecule has 0 aliphatic heterocycles. The molecule has 2 N–H and O–H groups in total. The van der Waals surface area contributed by atoms with Crippen molar-refractivity contribution in [3.8, 4) is 11.5 Å². The molecule has 0 amide bonds. The summed E-state index contributed by atoms with van der Waals surface area (Å²) in [5.41, 5.74) is 7.12. The summed E-state index contributed by atoms with van der Waals surface area (Å²) >= 11 is 0. The zero-order chi connectivity index (χ0) is 15.1. The molecule has 1 aromatic carbocycles. The topological polar surface area (TPSA) is 47.7 Å². The Morgan fingerprint density at radius 1 is 1.15 bits per heavy atom. The van der Waals surface area contributed by atoms with Gasteiger partial charge in [-0.1, -0.05) is 19.9 Å². The van der Waals surface area contributed by atoms with E-state index in [1.165, 1.54) is 6.42 Å². The number of nitrogens with zero attached hydrogens (tertiary/aromatic N) is 1. The average Bonchev–Trinajstić information content (AvgIpc) is 2.45. The Morgan fingerprint density at radius 3 is 2.30 bits per heavy atom. The van der Waals surface area contributed by atoms with Gasteiger partial charge in [0.1, 0.15) is 0 Å². The quantitative estimate of drug-likeness (QED) is 0.795. The van der Waals surface area contributed by atoms with Crippen LogP contribution in [0.1, 0.15) is 31.9 Å². The first kappa shape index (κ1) is 16.8. The van der Waals surface area contributed by atoms with Crippen LogP contribution in [0.2, 0.25) is 0 Å². The first-order valence-corrected chi connectivity index (χ1v) is 7.15. The molecular weight excluding hydrogens is 252 g/mol. The number of ether oxygens (including phenoxy) is 2. The van der Waals surface area contributed by atoms with E-state index in [0.29, 0.717) is 12.5 Å². The van der Waals surface area contributed by atoms with Gasteiger partial charge >= 0.3 is 0 Å². The van der Waals surface area contributed by atoms with Crippen LogP contribution in [0, 0.1) is 5.92 Å². The molecule has 1 atom stereocenters. The van der Waals surface area contributed by atoms with Crippen molar-refractivity contribution in [1.29, 1.82) is 0 Å². The highest BCUT2D eigenvalue weighted by atomic mass is 16.5. The number of hydrogen-bond acceptors (Lipinski definition) is 4. The number of methoxy groups -OCH3 is 2. The molecule has 0 aromatic heterocycles. The Bertz CT molecular complexity index is 407. The van der Waals surface area contributed by atoms with Crippen molar-refractivity contribution < 1.29 is 9.47 Å². The molecule has 0 saturated heterocycles. The molecule has 0 fully saturated rings.